The van der Waals surface area contributed by atoms with Crippen molar-refractivity contribution in [1.29, 1.82) is 0 Å². The van der Waals surface area contributed by atoms with Crippen LogP contribution in [-0.4, -0.2) is 20.1 Å². The van der Waals surface area contributed by atoms with Crippen molar-refractivity contribution >= 4 is 38.4 Å². The van der Waals surface area contributed by atoms with Crippen molar-refractivity contribution in [2.45, 2.75) is 50.8 Å². The van der Waals surface area contributed by atoms with E-state index in [1.54, 1.807) is 43.3 Å². The summed E-state index contributed by atoms with van der Waals surface area (Å²) in [5, 5.41) is 0.507. The molecule has 31 heavy (non-hydrogen) atoms. The van der Waals surface area contributed by atoms with Gasteiger partial charge in [-0.1, -0.05) is 37.5 Å². The van der Waals surface area contributed by atoms with Crippen LogP contribution < -0.4 is 4.31 Å². The molecule has 7 heteroatoms. The van der Waals surface area contributed by atoms with Gasteiger partial charge in [-0.2, -0.15) is 0 Å². The normalized spacial score (nSPS) is 15.2. The number of benzene rings is 2. The molecule has 3 aromatic rings. The molecular weight excluding hydrogens is 414 g/mol. The maximum Gasteiger partial charge on any atom is 0.270 e. The third kappa shape index (κ3) is 3.90. The minimum Gasteiger partial charge on any atom is -0.461 e. The van der Waals surface area contributed by atoms with Gasteiger partial charge in [0.15, 0.2) is 5.78 Å². The van der Waals surface area contributed by atoms with Crippen LogP contribution in [0.15, 0.2) is 57.8 Å². The van der Waals surface area contributed by atoms with E-state index in [9.17, 15) is 18.0 Å². The third-order valence-corrected chi connectivity index (χ3v) is 7.61. The molecule has 1 aliphatic carbocycles. The predicted octanol–water partition coefficient (Wildman–Crippen LogP) is 5.25. The maximum absolute atomic E-state index is 13.6. The summed E-state index contributed by atoms with van der Waals surface area (Å²) in [4.78, 5) is 25.7. The Bertz CT molecular complexity index is 1240. The second-order valence-corrected chi connectivity index (χ2v) is 9.81. The van der Waals surface area contributed by atoms with Crippen LogP contribution in [0.3, 0.4) is 0 Å². The summed E-state index contributed by atoms with van der Waals surface area (Å²) in [6, 6.07) is 12.7. The number of hydrogen-bond acceptors (Lipinski definition) is 5. The highest BCUT2D eigenvalue weighted by Gasteiger charge is 2.36. The van der Waals surface area contributed by atoms with Gasteiger partial charge in [0.1, 0.15) is 11.3 Å². The molecule has 0 aliphatic heterocycles. The summed E-state index contributed by atoms with van der Waals surface area (Å²) < 4.78 is 33.8. The van der Waals surface area contributed by atoms with Crippen LogP contribution in [0.4, 0.5) is 5.69 Å². The van der Waals surface area contributed by atoms with Crippen molar-refractivity contribution in [2.75, 3.05) is 4.31 Å². The first-order valence-electron chi connectivity index (χ1n) is 10.5. The van der Waals surface area contributed by atoms with Crippen molar-refractivity contribution in [1.82, 2.24) is 0 Å². The summed E-state index contributed by atoms with van der Waals surface area (Å²) >= 11 is 0. The van der Waals surface area contributed by atoms with Crippen molar-refractivity contribution in [3.8, 4) is 0 Å². The largest absolute Gasteiger partial charge is 0.461 e. The fourth-order valence-corrected chi connectivity index (χ4v) is 5.86. The second kappa shape index (κ2) is 8.30. The topological polar surface area (TPSA) is 84.7 Å². The monoisotopic (exact) mass is 439 g/mol. The van der Waals surface area contributed by atoms with Crippen molar-refractivity contribution in [2.24, 2.45) is 5.92 Å². The van der Waals surface area contributed by atoms with Gasteiger partial charge in [-0.25, -0.2) is 12.7 Å². The van der Waals surface area contributed by atoms with E-state index < -0.39 is 15.9 Å². The van der Waals surface area contributed by atoms with Gasteiger partial charge >= 0.3 is 0 Å². The van der Waals surface area contributed by atoms with Crippen LogP contribution in [0, 0.1) is 12.8 Å². The SMILES string of the molecule is CC(=O)c1c(C)oc2ccc(N(C(=O)C3CCCCC3)S(=O)(=O)c3ccccc3)cc12. The molecule has 0 atom stereocenters. The number of nitrogens with zero attached hydrogens (tertiary/aromatic N) is 1. The van der Waals surface area contributed by atoms with Crippen molar-refractivity contribution in [3.05, 3.63) is 59.9 Å². The van der Waals surface area contributed by atoms with Crippen molar-refractivity contribution < 1.29 is 22.4 Å². The molecule has 1 fully saturated rings. The summed E-state index contributed by atoms with van der Waals surface area (Å²) in [5.74, 6) is -0.478. The molecule has 2 aromatic carbocycles. The number of amides is 1. The fraction of sp³-hybridized carbons (Fsp3) is 0.333. The van der Waals surface area contributed by atoms with Gasteiger partial charge in [0.05, 0.1) is 16.1 Å². The fourth-order valence-electron chi connectivity index (χ4n) is 4.37. The van der Waals surface area contributed by atoms with Gasteiger partial charge in [0.25, 0.3) is 10.0 Å². The Morgan fingerprint density at radius 2 is 1.68 bits per heavy atom. The molecule has 1 aliphatic rings. The Hall–Kier alpha value is -2.93. The number of carbonyl (C=O) groups excluding carboxylic acids is 2. The van der Waals surface area contributed by atoms with Gasteiger partial charge in [0, 0.05) is 11.3 Å². The van der Waals surface area contributed by atoms with E-state index >= 15 is 0 Å². The van der Waals surface area contributed by atoms with Gasteiger partial charge in [0.2, 0.25) is 5.91 Å². The van der Waals surface area contributed by atoms with E-state index in [1.165, 1.54) is 19.1 Å². The lowest BCUT2D eigenvalue weighted by Gasteiger charge is -2.29. The van der Waals surface area contributed by atoms with Crippen LogP contribution in [-0.2, 0) is 14.8 Å². The first-order valence-corrected chi connectivity index (χ1v) is 11.9. The lowest BCUT2D eigenvalue weighted by Crippen LogP contribution is -2.41. The summed E-state index contributed by atoms with van der Waals surface area (Å²) in [6.07, 6.45) is 4.21. The van der Waals surface area contributed by atoms with Gasteiger partial charge in [-0.05, 0) is 57.0 Å². The van der Waals surface area contributed by atoms with E-state index in [0.717, 1.165) is 23.6 Å². The average Bonchev–Trinajstić information content (AvgIpc) is 3.10. The molecular formula is C24H25NO5S. The van der Waals surface area contributed by atoms with Crippen LogP contribution in [0.25, 0.3) is 11.0 Å². The number of hydrogen-bond donors (Lipinski definition) is 0. The molecule has 0 unspecified atom stereocenters. The Morgan fingerprint density at radius 1 is 1.00 bits per heavy atom. The van der Waals surface area contributed by atoms with Crippen LogP contribution in [0.5, 0.6) is 0 Å². The second-order valence-electron chi connectivity index (χ2n) is 8.03. The highest BCUT2D eigenvalue weighted by Crippen LogP contribution is 2.35. The standard InChI is InChI=1S/C24H25NO5S/c1-16(26)23-17(2)30-22-14-13-19(15-21(22)23)25(24(27)18-9-5-3-6-10-18)31(28,29)20-11-7-4-8-12-20/h4,7-8,11-15,18H,3,5-6,9-10H2,1-2H3. The Balaban J connectivity index is 1.89. The van der Waals surface area contributed by atoms with E-state index in [4.69, 9.17) is 4.42 Å². The number of sulfonamides is 1. The minimum atomic E-state index is -4.13. The molecule has 1 aromatic heterocycles. The zero-order valence-corrected chi connectivity index (χ0v) is 18.4. The van der Waals surface area contributed by atoms with E-state index in [-0.39, 0.29) is 22.3 Å². The number of ketones is 1. The number of carbonyl (C=O) groups is 2. The van der Waals surface area contributed by atoms with Crippen molar-refractivity contribution in [3.63, 3.8) is 0 Å². The summed E-state index contributed by atoms with van der Waals surface area (Å²) in [7, 11) is -4.13. The Kier molecular flexibility index (Phi) is 5.71. The predicted molar refractivity (Wildman–Crippen MR) is 119 cm³/mol. The maximum atomic E-state index is 13.6. The number of anilines is 1. The zero-order valence-electron chi connectivity index (χ0n) is 17.6. The van der Waals surface area contributed by atoms with E-state index in [0.29, 0.717) is 35.1 Å². The molecule has 162 valence electrons. The molecule has 0 N–H and O–H groups in total. The third-order valence-electron chi connectivity index (χ3n) is 5.87. The molecule has 0 saturated heterocycles. The molecule has 0 radical (unpaired) electrons. The Morgan fingerprint density at radius 3 is 2.32 bits per heavy atom. The smallest absolute Gasteiger partial charge is 0.270 e. The lowest BCUT2D eigenvalue weighted by molar-refractivity contribution is -0.122. The van der Waals surface area contributed by atoms with Gasteiger partial charge < -0.3 is 4.42 Å². The molecule has 6 nitrogen and oxygen atoms in total. The number of Topliss-reactive ketones (excluding diaryl/α,β-unsaturated/α-hetero) is 1. The number of furan rings is 1. The molecule has 1 heterocycles. The lowest BCUT2D eigenvalue weighted by atomic mass is 9.88. The highest BCUT2D eigenvalue weighted by atomic mass is 32.2. The van der Waals surface area contributed by atoms with E-state index in [2.05, 4.69) is 0 Å². The quantitative estimate of drug-likeness (QED) is 0.507. The van der Waals surface area contributed by atoms with Gasteiger partial charge in [-0.3, -0.25) is 9.59 Å². The first kappa shape index (κ1) is 21.3. The number of fused-ring (bicyclic) bond motifs is 1. The first-order chi connectivity index (χ1) is 14.8. The van der Waals surface area contributed by atoms with Crippen LogP contribution in [0.2, 0.25) is 0 Å². The molecule has 1 amide bonds. The Labute approximate surface area is 181 Å². The van der Waals surface area contributed by atoms with E-state index in [1.807, 2.05) is 0 Å². The number of aryl methyl sites for hydroxylation is 1. The highest BCUT2D eigenvalue weighted by molar-refractivity contribution is 7.93. The summed E-state index contributed by atoms with van der Waals surface area (Å²) in [5.41, 5.74) is 1.10. The molecule has 0 bridgehead atoms. The molecule has 0 spiro atoms. The minimum absolute atomic E-state index is 0.0504. The van der Waals surface area contributed by atoms with Gasteiger partial charge in [-0.15, -0.1) is 0 Å². The average molecular weight is 440 g/mol. The number of rotatable bonds is 5. The summed E-state index contributed by atoms with van der Waals surface area (Å²) in [6.45, 7) is 3.14. The molecule has 4 rings (SSSR count). The van der Waals surface area contributed by atoms with Crippen LogP contribution >= 0.6 is 0 Å². The van der Waals surface area contributed by atoms with Crippen LogP contribution in [0.1, 0.15) is 55.1 Å². The zero-order chi connectivity index (χ0) is 22.2. The molecule has 1 saturated carbocycles.